The average molecular weight is 355 g/mol. The first-order valence-corrected chi connectivity index (χ1v) is 7.03. The van der Waals surface area contributed by atoms with Crippen molar-refractivity contribution in [2.45, 2.75) is 0 Å². The smallest absolute Gasteiger partial charge is 0.331 e. The molecule has 0 aromatic heterocycles. The molecule has 24 heavy (non-hydrogen) atoms. The lowest BCUT2D eigenvalue weighted by Crippen LogP contribution is -2.14. The molecule has 0 spiro atoms. The molecule has 0 heterocycles. The van der Waals surface area contributed by atoms with Crippen LogP contribution in [0, 0.1) is 17.5 Å². The summed E-state index contributed by atoms with van der Waals surface area (Å²) < 4.78 is 44.0. The van der Waals surface area contributed by atoms with Gasteiger partial charge in [-0.05, 0) is 42.0 Å². The molecule has 124 valence electrons. The van der Waals surface area contributed by atoms with Gasteiger partial charge in [0.25, 0.3) is 0 Å². The summed E-state index contributed by atoms with van der Waals surface area (Å²) in [6.07, 6.45) is 2.31. The van der Waals surface area contributed by atoms with Gasteiger partial charge in [0, 0.05) is 6.08 Å². The molecule has 2 aromatic rings. The van der Waals surface area contributed by atoms with Crippen LogP contribution < -0.4 is 0 Å². The molecule has 0 aliphatic heterocycles. The van der Waals surface area contributed by atoms with Gasteiger partial charge in [-0.1, -0.05) is 17.7 Å². The van der Waals surface area contributed by atoms with Gasteiger partial charge in [-0.15, -0.1) is 0 Å². The average Bonchev–Trinajstić information content (AvgIpc) is 2.56. The van der Waals surface area contributed by atoms with Gasteiger partial charge in [-0.25, -0.2) is 18.0 Å². The highest BCUT2D eigenvalue weighted by Crippen LogP contribution is 2.17. The Kier molecular flexibility index (Phi) is 5.76. The lowest BCUT2D eigenvalue weighted by molar-refractivity contribution is -0.136. The Morgan fingerprint density at radius 2 is 1.75 bits per heavy atom. The van der Waals surface area contributed by atoms with Gasteiger partial charge in [-0.3, -0.25) is 4.79 Å². The minimum atomic E-state index is -0.908. The van der Waals surface area contributed by atoms with E-state index in [4.69, 9.17) is 11.6 Å². The molecule has 0 N–H and O–H groups in total. The Morgan fingerprint density at radius 3 is 2.46 bits per heavy atom. The van der Waals surface area contributed by atoms with E-state index in [2.05, 4.69) is 4.74 Å². The summed E-state index contributed by atoms with van der Waals surface area (Å²) in [5.41, 5.74) is -0.0575. The summed E-state index contributed by atoms with van der Waals surface area (Å²) in [6.45, 7) is -0.742. The first-order valence-electron chi connectivity index (χ1n) is 6.65. The van der Waals surface area contributed by atoms with Crippen LogP contribution in [0.2, 0.25) is 5.02 Å². The molecule has 2 aromatic carbocycles. The van der Waals surface area contributed by atoms with E-state index in [1.807, 2.05) is 0 Å². The molecule has 0 bridgehead atoms. The monoisotopic (exact) mass is 354 g/mol. The van der Waals surface area contributed by atoms with E-state index in [0.717, 1.165) is 30.3 Å². The normalized spacial score (nSPS) is 10.8. The van der Waals surface area contributed by atoms with E-state index >= 15 is 0 Å². The topological polar surface area (TPSA) is 43.4 Å². The number of Topliss-reactive ketones (excluding diaryl/α,β-unsaturated/α-hetero) is 1. The Morgan fingerprint density at radius 1 is 1.04 bits per heavy atom. The van der Waals surface area contributed by atoms with Gasteiger partial charge in [0.1, 0.15) is 17.5 Å². The number of esters is 1. The second kappa shape index (κ2) is 7.79. The number of benzene rings is 2. The number of ketones is 1. The zero-order valence-corrected chi connectivity index (χ0v) is 12.8. The van der Waals surface area contributed by atoms with Gasteiger partial charge in [0.15, 0.2) is 6.61 Å². The van der Waals surface area contributed by atoms with Crippen molar-refractivity contribution in [1.29, 1.82) is 0 Å². The number of carbonyl (C=O) groups is 2. The number of ether oxygens (including phenoxy) is 1. The van der Waals surface area contributed by atoms with Crippen LogP contribution in [-0.4, -0.2) is 18.4 Å². The largest absolute Gasteiger partial charge is 0.454 e. The maximum absolute atomic E-state index is 13.4. The van der Waals surface area contributed by atoms with Crippen LogP contribution in [0.4, 0.5) is 13.2 Å². The van der Waals surface area contributed by atoms with Gasteiger partial charge in [0.05, 0.1) is 10.6 Å². The van der Waals surface area contributed by atoms with Crippen LogP contribution in [0.25, 0.3) is 6.08 Å². The Bertz CT molecular complexity index is 819. The lowest BCUT2D eigenvalue weighted by atomic mass is 10.1. The molecule has 0 saturated carbocycles. The Hall–Kier alpha value is -2.60. The fourth-order valence-corrected chi connectivity index (χ4v) is 1.94. The van der Waals surface area contributed by atoms with Gasteiger partial charge in [-0.2, -0.15) is 0 Å². The number of carbonyl (C=O) groups excluding carboxylic acids is 2. The molecular weight excluding hydrogens is 345 g/mol. The second-order valence-electron chi connectivity index (χ2n) is 4.66. The maximum Gasteiger partial charge on any atom is 0.331 e. The molecule has 0 unspecified atom stereocenters. The zero-order chi connectivity index (χ0) is 17.7. The second-order valence-corrected chi connectivity index (χ2v) is 5.07. The van der Waals surface area contributed by atoms with Crippen molar-refractivity contribution < 1.29 is 27.5 Å². The standard InChI is InChI=1S/C17H10ClF3O3/c18-13-7-10(1-4-15(13)21)2-6-17(23)24-9-16(22)12-8-11(19)3-5-14(12)20/h1-8H,9H2/b6-2+. The molecule has 3 nitrogen and oxygen atoms in total. The zero-order valence-electron chi connectivity index (χ0n) is 12.1. The molecule has 0 atom stereocenters. The third-order valence-corrected chi connectivity index (χ3v) is 3.22. The molecule has 2 rings (SSSR count). The molecule has 0 aliphatic rings. The molecule has 0 fully saturated rings. The summed E-state index contributed by atoms with van der Waals surface area (Å²) in [4.78, 5) is 23.2. The van der Waals surface area contributed by atoms with E-state index in [9.17, 15) is 22.8 Å². The van der Waals surface area contributed by atoms with Crippen LogP contribution >= 0.6 is 11.6 Å². The molecule has 0 saturated heterocycles. The number of rotatable bonds is 5. The maximum atomic E-state index is 13.4. The molecule has 7 heteroatoms. The first-order chi connectivity index (χ1) is 11.4. The van der Waals surface area contributed by atoms with E-state index in [0.29, 0.717) is 5.56 Å². The summed E-state index contributed by atoms with van der Waals surface area (Å²) in [5, 5.41) is -0.109. The van der Waals surface area contributed by atoms with Crippen molar-refractivity contribution in [1.82, 2.24) is 0 Å². The summed E-state index contributed by atoms with van der Waals surface area (Å²) >= 11 is 5.59. The third-order valence-electron chi connectivity index (χ3n) is 2.93. The van der Waals surface area contributed by atoms with Crippen molar-refractivity contribution in [2.75, 3.05) is 6.61 Å². The highest BCUT2D eigenvalue weighted by atomic mass is 35.5. The van der Waals surface area contributed by atoms with Gasteiger partial charge < -0.3 is 4.74 Å². The van der Waals surface area contributed by atoms with E-state index in [1.165, 1.54) is 18.2 Å². The van der Waals surface area contributed by atoms with E-state index < -0.39 is 41.4 Å². The van der Waals surface area contributed by atoms with Gasteiger partial charge in [0.2, 0.25) is 5.78 Å². The lowest BCUT2D eigenvalue weighted by Gasteiger charge is -2.03. The quantitative estimate of drug-likeness (QED) is 0.459. The van der Waals surface area contributed by atoms with Crippen molar-refractivity contribution >= 4 is 29.4 Å². The number of hydrogen-bond donors (Lipinski definition) is 0. The van der Waals surface area contributed by atoms with Crippen molar-refractivity contribution in [2.24, 2.45) is 0 Å². The fourth-order valence-electron chi connectivity index (χ4n) is 1.75. The van der Waals surface area contributed by atoms with Gasteiger partial charge >= 0.3 is 5.97 Å². The van der Waals surface area contributed by atoms with Crippen molar-refractivity contribution in [3.63, 3.8) is 0 Å². The van der Waals surface area contributed by atoms with Crippen molar-refractivity contribution in [3.05, 3.63) is 76.1 Å². The van der Waals surface area contributed by atoms with Crippen molar-refractivity contribution in [3.8, 4) is 0 Å². The first kappa shape index (κ1) is 17.7. The predicted octanol–water partition coefficient (Wildman–Crippen LogP) is 4.20. The molecular formula is C17H10ClF3O3. The minimum absolute atomic E-state index is 0.109. The van der Waals surface area contributed by atoms with Crippen LogP contribution in [0.3, 0.4) is 0 Å². The minimum Gasteiger partial charge on any atom is -0.454 e. The molecule has 0 aliphatic carbocycles. The van der Waals surface area contributed by atoms with E-state index in [1.54, 1.807) is 0 Å². The number of halogens is 4. The Labute approximate surface area is 140 Å². The van der Waals surface area contributed by atoms with Crippen LogP contribution in [0.1, 0.15) is 15.9 Å². The van der Waals surface area contributed by atoms with E-state index in [-0.39, 0.29) is 5.02 Å². The highest BCUT2D eigenvalue weighted by molar-refractivity contribution is 6.30. The third kappa shape index (κ3) is 4.70. The predicted molar refractivity (Wildman–Crippen MR) is 82.1 cm³/mol. The SMILES string of the molecule is O=C(/C=C/c1ccc(F)c(Cl)c1)OCC(=O)c1cc(F)ccc1F. The Balaban J connectivity index is 1.95. The summed E-state index contributed by atoms with van der Waals surface area (Å²) in [6, 6.07) is 6.22. The number of hydrogen-bond acceptors (Lipinski definition) is 3. The molecule has 0 radical (unpaired) electrons. The highest BCUT2D eigenvalue weighted by Gasteiger charge is 2.14. The summed E-state index contributed by atoms with van der Waals surface area (Å²) in [7, 11) is 0. The summed E-state index contributed by atoms with van der Waals surface area (Å²) in [5.74, 6) is -4.04. The fraction of sp³-hybridized carbons (Fsp3) is 0.0588. The van der Waals surface area contributed by atoms with Crippen LogP contribution in [0.15, 0.2) is 42.5 Å². The molecule has 0 amide bonds. The van der Waals surface area contributed by atoms with Crippen LogP contribution in [-0.2, 0) is 9.53 Å². The van der Waals surface area contributed by atoms with Crippen LogP contribution in [0.5, 0.6) is 0 Å².